The Bertz CT molecular complexity index is 909. The SMILES string of the molecule is COc1ccc2c(c1)c(=O)c(Cc1ccco1)cn2CC(=O)O. The number of nitrogens with zero attached hydrogens (tertiary/aromatic N) is 1. The molecule has 3 rings (SSSR count). The van der Waals surface area contributed by atoms with Gasteiger partial charge in [0.25, 0.3) is 0 Å². The maximum absolute atomic E-state index is 12.7. The van der Waals surface area contributed by atoms with Gasteiger partial charge in [0, 0.05) is 23.6 Å². The number of hydrogen-bond donors (Lipinski definition) is 1. The molecule has 0 bridgehead atoms. The minimum atomic E-state index is -0.977. The molecule has 0 unspecified atom stereocenters. The molecule has 0 atom stereocenters. The molecule has 1 N–H and O–H groups in total. The number of pyridine rings is 1. The largest absolute Gasteiger partial charge is 0.497 e. The highest BCUT2D eigenvalue weighted by Gasteiger charge is 2.13. The van der Waals surface area contributed by atoms with Crippen LogP contribution in [0.5, 0.6) is 5.75 Å². The number of fused-ring (bicyclic) bond motifs is 1. The molecular weight excluding hydrogens is 298 g/mol. The molecule has 0 aliphatic heterocycles. The van der Waals surface area contributed by atoms with Gasteiger partial charge in [-0.3, -0.25) is 9.59 Å². The van der Waals surface area contributed by atoms with Crippen LogP contribution in [0.4, 0.5) is 0 Å². The van der Waals surface area contributed by atoms with Gasteiger partial charge in [-0.05, 0) is 30.3 Å². The van der Waals surface area contributed by atoms with Gasteiger partial charge in [0.1, 0.15) is 18.1 Å². The van der Waals surface area contributed by atoms with Crippen LogP contribution >= 0.6 is 0 Å². The van der Waals surface area contributed by atoms with E-state index in [4.69, 9.17) is 14.3 Å². The Morgan fingerprint density at radius 1 is 1.35 bits per heavy atom. The van der Waals surface area contributed by atoms with Crippen LogP contribution in [0.25, 0.3) is 10.9 Å². The molecule has 0 radical (unpaired) electrons. The van der Waals surface area contributed by atoms with E-state index < -0.39 is 5.97 Å². The van der Waals surface area contributed by atoms with Gasteiger partial charge in [-0.2, -0.15) is 0 Å². The number of rotatable bonds is 5. The number of methoxy groups -OCH3 is 1. The average Bonchev–Trinajstić information content (AvgIpc) is 3.04. The number of hydrogen-bond acceptors (Lipinski definition) is 4. The normalized spacial score (nSPS) is 10.8. The van der Waals surface area contributed by atoms with Gasteiger partial charge in [-0.1, -0.05) is 0 Å². The highest BCUT2D eigenvalue weighted by molar-refractivity contribution is 5.82. The van der Waals surface area contributed by atoms with Crippen molar-refractivity contribution < 1.29 is 19.1 Å². The number of aromatic nitrogens is 1. The molecule has 3 aromatic rings. The van der Waals surface area contributed by atoms with Gasteiger partial charge >= 0.3 is 5.97 Å². The summed E-state index contributed by atoms with van der Waals surface area (Å²) < 4.78 is 12.0. The van der Waals surface area contributed by atoms with E-state index in [9.17, 15) is 9.59 Å². The van der Waals surface area contributed by atoms with Crippen LogP contribution in [-0.2, 0) is 17.8 Å². The summed E-state index contributed by atoms with van der Waals surface area (Å²) in [6.45, 7) is -0.228. The standard InChI is InChI=1S/C17H15NO5/c1-22-12-4-5-15-14(8-12)17(21)11(7-13-3-2-6-23-13)9-18(15)10-16(19)20/h2-6,8-9H,7,10H2,1H3,(H,19,20). The summed E-state index contributed by atoms with van der Waals surface area (Å²) >= 11 is 0. The molecule has 0 saturated carbocycles. The van der Waals surface area contributed by atoms with E-state index in [-0.39, 0.29) is 12.0 Å². The predicted molar refractivity (Wildman–Crippen MR) is 83.9 cm³/mol. The first kappa shape index (κ1) is 14.9. The minimum absolute atomic E-state index is 0.156. The van der Waals surface area contributed by atoms with Crippen LogP contribution in [0.1, 0.15) is 11.3 Å². The molecule has 0 aliphatic rings. The third-order valence-electron chi connectivity index (χ3n) is 3.61. The van der Waals surface area contributed by atoms with E-state index in [2.05, 4.69) is 0 Å². The van der Waals surface area contributed by atoms with Crippen LogP contribution in [0, 0.1) is 0 Å². The Hall–Kier alpha value is -3.02. The number of ether oxygens (including phenoxy) is 1. The van der Waals surface area contributed by atoms with Gasteiger partial charge in [0.05, 0.1) is 18.9 Å². The van der Waals surface area contributed by atoms with Crippen molar-refractivity contribution in [1.29, 1.82) is 0 Å². The topological polar surface area (TPSA) is 81.7 Å². The fourth-order valence-corrected chi connectivity index (χ4v) is 2.57. The second kappa shape index (κ2) is 6.00. The molecule has 2 aromatic heterocycles. The molecular formula is C17H15NO5. The van der Waals surface area contributed by atoms with Crippen molar-refractivity contribution in [2.45, 2.75) is 13.0 Å². The zero-order chi connectivity index (χ0) is 16.4. The summed E-state index contributed by atoms with van der Waals surface area (Å²) in [6, 6.07) is 8.54. The van der Waals surface area contributed by atoms with Crippen molar-refractivity contribution in [2.24, 2.45) is 0 Å². The summed E-state index contributed by atoms with van der Waals surface area (Å²) in [7, 11) is 1.52. The van der Waals surface area contributed by atoms with Gasteiger partial charge in [-0.25, -0.2) is 0 Å². The number of aliphatic carboxylic acids is 1. The minimum Gasteiger partial charge on any atom is -0.497 e. The average molecular weight is 313 g/mol. The van der Waals surface area contributed by atoms with Crippen LogP contribution in [0.15, 0.2) is 52.0 Å². The lowest BCUT2D eigenvalue weighted by Crippen LogP contribution is -2.18. The van der Waals surface area contributed by atoms with Crippen molar-refractivity contribution in [2.75, 3.05) is 7.11 Å². The van der Waals surface area contributed by atoms with E-state index in [0.717, 1.165) is 0 Å². The van der Waals surface area contributed by atoms with Crippen molar-refractivity contribution in [1.82, 2.24) is 4.57 Å². The van der Waals surface area contributed by atoms with E-state index in [1.807, 2.05) is 0 Å². The number of carboxylic acid groups (broad SMARTS) is 1. The fraction of sp³-hybridized carbons (Fsp3) is 0.176. The lowest BCUT2D eigenvalue weighted by molar-refractivity contribution is -0.137. The molecule has 2 heterocycles. The van der Waals surface area contributed by atoms with Crippen molar-refractivity contribution in [3.05, 3.63) is 64.3 Å². The first-order valence-corrected chi connectivity index (χ1v) is 7.02. The number of carbonyl (C=O) groups is 1. The van der Waals surface area contributed by atoms with Crippen molar-refractivity contribution >= 4 is 16.9 Å². The monoisotopic (exact) mass is 313 g/mol. The molecule has 0 fully saturated rings. The van der Waals surface area contributed by atoms with Crippen LogP contribution in [-0.4, -0.2) is 22.8 Å². The fourth-order valence-electron chi connectivity index (χ4n) is 2.57. The Labute approximate surface area is 131 Å². The van der Waals surface area contributed by atoms with Gasteiger partial charge in [-0.15, -0.1) is 0 Å². The molecule has 6 heteroatoms. The zero-order valence-corrected chi connectivity index (χ0v) is 12.5. The highest BCUT2D eigenvalue weighted by atomic mass is 16.5. The summed E-state index contributed by atoms with van der Waals surface area (Å²) in [5, 5.41) is 9.53. The number of benzene rings is 1. The van der Waals surface area contributed by atoms with Crippen LogP contribution in [0.3, 0.4) is 0 Å². The van der Waals surface area contributed by atoms with Crippen LogP contribution in [0.2, 0.25) is 0 Å². The predicted octanol–water partition coefficient (Wildman–Crippen LogP) is 2.28. The Balaban J connectivity index is 2.21. The number of furan rings is 1. The van der Waals surface area contributed by atoms with Crippen molar-refractivity contribution in [3.63, 3.8) is 0 Å². The Morgan fingerprint density at radius 3 is 2.83 bits per heavy atom. The van der Waals surface area contributed by atoms with E-state index >= 15 is 0 Å². The quantitative estimate of drug-likeness (QED) is 0.781. The summed E-state index contributed by atoms with van der Waals surface area (Å²) in [5.41, 5.74) is 0.875. The first-order valence-electron chi connectivity index (χ1n) is 7.02. The molecule has 23 heavy (non-hydrogen) atoms. The summed E-state index contributed by atoms with van der Waals surface area (Å²) in [6.07, 6.45) is 3.42. The lowest BCUT2D eigenvalue weighted by atomic mass is 10.1. The van der Waals surface area contributed by atoms with E-state index in [1.54, 1.807) is 41.1 Å². The third kappa shape index (κ3) is 2.96. The molecule has 0 amide bonds. The molecule has 118 valence electrons. The summed E-state index contributed by atoms with van der Waals surface area (Å²) in [4.78, 5) is 23.8. The zero-order valence-electron chi connectivity index (χ0n) is 12.5. The summed E-state index contributed by atoms with van der Waals surface area (Å²) in [5.74, 6) is 0.215. The van der Waals surface area contributed by atoms with E-state index in [1.165, 1.54) is 13.4 Å². The maximum Gasteiger partial charge on any atom is 0.323 e. The van der Waals surface area contributed by atoms with Gasteiger partial charge in [0.2, 0.25) is 0 Å². The lowest BCUT2D eigenvalue weighted by Gasteiger charge is -2.12. The second-order valence-corrected chi connectivity index (χ2v) is 5.14. The maximum atomic E-state index is 12.7. The molecule has 6 nitrogen and oxygen atoms in total. The van der Waals surface area contributed by atoms with Gasteiger partial charge < -0.3 is 18.8 Å². The van der Waals surface area contributed by atoms with Crippen LogP contribution < -0.4 is 10.2 Å². The van der Waals surface area contributed by atoms with E-state index in [0.29, 0.717) is 34.4 Å². The van der Waals surface area contributed by atoms with Gasteiger partial charge in [0.15, 0.2) is 5.43 Å². The Kier molecular flexibility index (Phi) is 3.89. The second-order valence-electron chi connectivity index (χ2n) is 5.14. The molecule has 1 aromatic carbocycles. The van der Waals surface area contributed by atoms with Crippen molar-refractivity contribution in [3.8, 4) is 5.75 Å². The first-order chi connectivity index (χ1) is 11.1. The molecule has 0 aliphatic carbocycles. The highest BCUT2D eigenvalue weighted by Crippen LogP contribution is 2.20. The smallest absolute Gasteiger partial charge is 0.323 e. The molecule has 0 spiro atoms. The number of carboxylic acids is 1. The third-order valence-corrected chi connectivity index (χ3v) is 3.61. The Morgan fingerprint density at radius 2 is 2.17 bits per heavy atom. The molecule has 0 saturated heterocycles.